The first kappa shape index (κ1) is 11.1. The van der Waals surface area contributed by atoms with Crippen LogP contribution < -0.4 is 4.74 Å². The molecule has 1 N–H and O–H groups in total. The Morgan fingerprint density at radius 3 is 2.93 bits per heavy atom. The fourth-order valence-corrected chi connectivity index (χ4v) is 1.01. The van der Waals surface area contributed by atoms with Gasteiger partial charge in [-0.25, -0.2) is 0 Å². The zero-order chi connectivity index (χ0) is 10.6. The van der Waals surface area contributed by atoms with E-state index in [9.17, 15) is 5.11 Å². The number of rotatable bonds is 4. The number of halogens is 1. The maximum Gasteiger partial charge on any atom is 0.120 e. The van der Waals surface area contributed by atoms with Crippen molar-refractivity contribution in [2.45, 2.75) is 12.5 Å². The van der Waals surface area contributed by atoms with Crippen LogP contribution in [0.3, 0.4) is 0 Å². The molecule has 75 valence electrons. The van der Waals surface area contributed by atoms with Gasteiger partial charge in [-0.15, -0.1) is 0 Å². The van der Waals surface area contributed by atoms with Crippen LogP contribution in [0.15, 0.2) is 30.3 Å². The predicted octanol–water partition coefficient (Wildman–Crippen LogP) is 2.46. The lowest BCUT2D eigenvalue weighted by Crippen LogP contribution is -2.29. The van der Waals surface area contributed by atoms with Crippen LogP contribution in [0.4, 0.5) is 0 Å². The van der Waals surface area contributed by atoms with Crippen LogP contribution in [0.2, 0.25) is 5.02 Å². The summed E-state index contributed by atoms with van der Waals surface area (Å²) in [5.41, 5.74) is -1.12. The second-order valence-corrected chi connectivity index (χ2v) is 3.71. The Morgan fingerprint density at radius 2 is 2.36 bits per heavy atom. The monoisotopic (exact) mass is 211 g/mol. The summed E-state index contributed by atoms with van der Waals surface area (Å²) in [6.45, 7) is 6.89. The number of aliphatic hydroxyl groups is 1. The van der Waals surface area contributed by atoms with Gasteiger partial charge in [-0.2, -0.15) is 0 Å². The van der Waals surface area contributed by atoms with Gasteiger partial charge in [-0.3, -0.25) is 0 Å². The van der Waals surface area contributed by atoms with Gasteiger partial charge >= 0.3 is 0 Å². The average Bonchev–Trinajstić information content (AvgIpc) is 2.15. The molecule has 2 nitrogen and oxygen atoms in total. The van der Waals surface area contributed by atoms with E-state index in [-0.39, 0.29) is 6.61 Å². The van der Waals surface area contributed by atoms with Crippen molar-refractivity contribution in [1.29, 1.82) is 0 Å². The molecular formula is C11H12ClO2. The Kier molecular flexibility index (Phi) is 3.55. The minimum atomic E-state index is -1.12. The molecular weight excluding hydrogens is 200 g/mol. The average molecular weight is 212 g/mol. The Morgan fingerprint density at radius 1 is 1.64 bits per heavy atom. The standard InChI is InChI=1S/C11H12ClO2/c1-3-11(2,13)8-14-10-6-4-5-9(12)7-10/h1,3-7,13H,8H2,2H3. The van der Waals surface area contributed by atoms with E-state index in [0.29, 0.717) is 10.8 Å². The highest BCUT2D eigenvalue weighted by Gasteiger charge is 2.16. The number of hydrogen-bond acceptors (Lipinski definition) is 2. The van der Waals surface area contributed by atoms with E-state index in [1.54, 1.807) is 31.2 Å². The highest BCUT2D eigenvalue weighted by molar-refractivity contribution is 6.30. The first-order valence-electron chi connectivity index (χ1n) is 4.20. The second kappa shape index (κ2) is 4.49. The van der Waals surface area contributed by atoms with Crippen LogP contribution in [-0.4, -0.2) is 17.3 Å². The van der Waals surface area contributed by atoms with Gasteiger partial charge in [-0.05, 0) is 25.1 Å². The molecule has 1 atom stereocenters. The third-order valence-corrected chi connectivity index (χ3v) is 1.92. The lowest BCUT2D eigenvalue weighted by molar-refractivity contribution is 0.0544. The molecule has 0 spiro atoms. The van der Waals surface area contributed by atoms with Crippen LogP contribution in [-0.2, 0) is 0 Å². The van der Waals surface area contributed by atoms with E-state index in [1.807, 2.05) is 0 Å². The Bertz CT molecular complexity index is 321. The summed E-state index contributed by atoms with van der Waals surface area (Å²) in [4.78, 5) is 0. The lowest BCUT2D eigenvalue weighted by atomic mass is 10.1. The van der Waals surface area contributed by atoms with E-state index in [0.717, 1.165) is 0 Å². The highest BCUT2D eigenvalue weighted by Crippen LogP contribution is 2.18. The molecule has 0 aromatic heterocycles. The third-order valence-electron chi connectivity index (χ3n) is 1.69. The number of hydrogen-bond donors (Lipinski definition) is 1. The van der Waals surface area contributed by atoms with E-state index >= 15 is 0 Å². The molecule has 1 aromatic rings. The topological polar surface area (TPSA) is 29.5 Å². The summed E-state index contributed by atoms with van der Waals surface area (Å²) >= 11 is 5.75. The third kappa shape index (κ3) is 3.40. The second-order valence-electron chi connectivity index (χ2n) is 3.27. The van der Waals surface area contributed by atoms with Crippen LogP contribution in [0, 0.1) is 6.58 Å². The van der Waals surface area contributed by atoms with Gasteiger partial charge in [0.25, 0.3) is 0 Å². The largest absolute Gasteiger partial charge is 0.490 e. The summed E-state index contributed by atoms with van der Waals surface area (Å²) in [6, 6.07) is 6.97. The number of ether oxygens (including phenoxy) is 1. The van der Waals surface area contributed by atoms with Crippen molar-refractivity contribution < 1.29 is 9.84 Å². The molecule has 3 heteroatoms. The molecule has 0 aliphatic carbocycles. The summed E-state index contributed by atoms with van der Waals surface area (Å²) < 4.78 is 5.30. The van der Waals surface area contributed by atoms with Crippen molar-refractivity contribution in [1.82, 2.24) is 0 Å². The molecule has 0 bridgehead atoms. The van der Waals surface area contributed by atoms with Gasteiger partial charge in [0.15, 0.2) is 0 Å². The van der Waals surface area contributed by atoms with Crippen molar-refractivity contribution in [2.24, 2.45) is 0 Å². The normalized spacial score (nSPS) is 14.5. The van der Waals surface area contributed by atoms with Crippen molar-refractivity contribution in [2.75, 3.05) is 6.61 Å². The van der Waals surface area contributed by atoms with Gasteiger partial charge in [0, 0.05) is 5.02 Å². The summed E-state index contributed by atoms with van der Waals surface area (Å²) in [5.74, 6) is 0.611. The zero-order valence-electron chi connectivity index (χ0n) is 7.90. The maximum atomic E-state index is 9.52. The van der Waals surface area contributed by atoms with E-state index in [4.69, 9.17) is 22.9 Å². The molecule has 14 heavy (non-hydrogen) atoms. The molecule has 1 rings (SSSR count). The quantitative estimate of drug-likeness (QED) is 0.829. The van der Waals surface area contributed by atoms with Crippen LogP contribution in [0.1, 0.15) is 6.92 Å². The molecule has 0 aliphatic rings. The smallest absolute Gasteiger partial charge is 0.120 e. The first-order chi connectivity index (χ1) is 6.53. The molecule has 0 fully saturated rings. The van der Waals surface area contributed by atoms with Crippen LogP contribution in [0.25, 0.3) is 0 Å². The first-order valence-corrected chi connectivity index (χ1v) is 4.58. The van der Waals surface area contributed by atoms with Gasteiger partial charge in [0.05, 0.1) is 0 Å². The minimum absolute atomic E-state index is 0.101. The summed E-state index contributed by atoms with van der Waals surface area (Å²) in [6.07, 6.45) is 1.19. The summed E-state index contributed by atoms with van der Waals surface area (Å²) in [7, 11) is 0. The van der Waals surface area contributed by atoms with Gasteiger partial charge < -0.3 is 9.84 Å². The molecule has 0 aliphatic heterocycles. The fourth-order valence-electron chi connectivity index (χ4n) is 0.834. The van der Waals surface area contributed by atoms with Crippen LogP contribution in [0.5, 0.6) is 5.75 Å². The molecule has 1 radical (unpaired) electrons. The van der Waals surface area contributed by atoms with E-state index in [2.05, 4.69) is 0 Å². The Labute approximate surface area is 88.8 Å². The Balaban J connectivity index is 2.58. The molecule has 0 saturated carbocycles. The van der Waals surface area contributed by atoms with Gasteiger partial charge in [0.2, 0.25) is 0 Å². The fraction of sp³-hybridized carbons (Fsp3) is 0.273. The highest BCUT2D eigenvalue weighted by atomic mass is 35.5. The molecule has 0 heterocycles. The van der Waals surface area contributed by atoms with Crippen molar-refractivity contribution >= 4 is 11.6 Å². The van der Waals surface area contributed by atoms with Crippen molar-refractivity contribution in [3.05, 3.63) is 41.9 Å². The van der Waals surface area contributed by atoms with Crippen molar-refractivity contribution in [3.8, 4) is 5.75 Å². The van der Waals surface area contributed by atoms with Crippen molar-refractivity contribution in [3.63, 3.8) is 0 Å². The predicted molar refractivity (Wildman–Crippen MR) is 56.4 cm³/mol. The lowest BCUT2D eigenvalue weighted by Gasteiger charge is -2.18. The minimum Gasteiger partial charge on any atom is -0.490 e. The molecule has 1 aromatic carbocycles. The SMILES string of the molecule is [CH]=CC(C)(O)COc1cccc(Cl)c1. The zero-order valence-corrected chi connectivity index (χ0v) is 8.66. The number of benzene rings is 1. The summed E-state index contributed by atoms with van der Waals surface area (Å²) in [5, 5.41) is 10.1. The van der Waals surface area contributed by atoms with Gasteiger partial charge in [0.1, 0.15) is 18.0 Å². The molecule has 0 saturated heterocycles. The maximum absolute atomic E-state index is 9.52. The molecule has 1 unspecified atom stereocenters. The Hall–Kier alpha value is -0.990. The van der Waals surface area contributed by atoms with Crippen LogP contribution >= 0.6 is 11.6 Å². The molecule has 0 amide bonds. The van der Waals surface area contributed by atoms with E-state index < -0.39 is 5.60 Å². The van der Waals surface area contributed by atoms with Gasteiger partial charge in [-0.1, -0.05) is 30.3 Å². The van der Waals surface area contributed by atoms with E-state index in [1.165, 1.54) is 6.08 Å².